The third kappa shape index (κ3) is 4.64. The van der Waals surface area contributed by atoms with Crippen LogP contribution in [0.1, 0.15) is 16.2 Å². The number of halogens is 2. The molecule has 1 saturated heterocycles. The quantitative estimate of drug-likeness (QED) is 0.625. The fourth-order valence-electron chi connectivity index (χ4n) is 3.72. The number of morpholine rings is 1. The van der Waals surface area contributed by atoms with E-state index in [0.717, 1.165) is 56.3 Å². The third-order valence-electron chi connectivity index (χ3n) is 5.30. The van der Waals surface area contributed by atoms with Crippen LogP contribution in [0.4, 0.5) is 4.39 Å². The summed E-state index contributed by atoms with van der Waals surface area (Å²) in [7, 11) is 0. The van der Waals surface area contributed by atoms with Crippen LogP contribution in [-0.4, -0.2) is 59.8 Å². The first-order chi connectivity index (χ1) is 14.6. The van der Waals surface area contributed by atoms with Crippen molar-refractivity contribution in [1.29, 1.82) is 0 Å². The molecule has 6 nitrogen and oxygen atoms in total. The average molecular weight is 431 g/mol. The number of fused-ring (bicyclic) bond motifs is 1. The van der Waals surface area contributed by atoms with Crippen molar-refractivity contribution in [2.45, 2.75) is 13.0 Å². The van der Waals surface area contributed by atoms with Gasteiger partial charge in [-0.25, -0.2) is 9.37 Å². The minimum Gasteiger partial charge on any atom is -0.379 e. The summed E-state index contributed by atoms with van der Waals surface area (Å²) < 4.78 is 21.6. The molecule has 1 amide bonds. The highest BCUT2D eigenvalue weighted by molar-refractivity contribution is 6.33. The Bertz CT molecular complexity index is 1010. The highest BCUT2D eigenvalue weighted by atomic mass is 35.5. The van der Waals surface area contributed by atoms with Crippen LogP contribution < -0.4 is 5.32 Å². The molecule has 4 rings (SSSR count). The van der Waals surface area contributed by atoms with Crippen molar-refractivity contribution in [3.05, 3.63) is 64.7 Å². The molecule has 8 heteroatoms. The van der Waals surface area contributed by atoms with Gasteiger partial charge < -0.3 is 14.6 Å². The Labute approximate surface area is 179 Å². The summed E-state index contributed by atoms with van der Waals surface area (Å²) >= 11 is 5.98. The second-order valence-corrected chi connectivity index (χ2v) is 7.63. The monoisotopic (exact) mass is 430 g/mol. The van der Waals surface area contributed by atoms with E-state index in [4.69, 9.17) is 21.3 Å². The van der Waals surface area contributed by atoms with Gasteiger partial charge in [0.15, 0.2) is 0 Å². The summed E-state index contributed by atoms with van der Waals surface area (Å²) in [5.74, 6) is -0.254. The maximum atomic E-state index is 14.0. The fraction of sp³-hybridized carbons (Fsp3) is 0.364. The first-order valence-corrected chi connectivity index (χ1v) is 10.5. The number of carbonyl (C=O) groups excluding carboxylic acids is 1. The Balaban J connectivity index is 1.44. The molecular weight excluding hydrogens is 407 g/mol. The first-order valence-electron chi connectivity index (χ1n) is 10.1. The number of hydrogen-bond acceptors (Lipinski definition) is 4. The maximum absolute atomic E-state index is 14.0. The molecule has 3 aromatic rings. The Hall–Kier alpha value is -2.48. The summed E-state index contributed by atoms with van der Waals surface area (Å²) in [6.07, 6.45) is 0.537. The number of hydrogen-bond donors (Lipinski definition) is 1. The van der Waals surface area contributed by atoms with Crippen LogP contribution in [0, 0.1) is 5.82 Å². The molecule has 1 fully saturated rings. The summed E-state index contributed by atoms with van der Waals surface area (Å²) in [6.45, 7) is 5.45. The van der Waals surface area contributed by atoms with Crippen LogP contribution in [0.3, 0.4) is 0 Å². The topological polar surface area (TPSA) is 59.4 Å². The van der Waals surface area contributed by atoms with E-state index in [1.165, 1.54) is 18.2 Å². The lowest BCUT2D eigenvalue weighted by Gasteiger charge is -2.27. The number of benzene rings is 2. The van der Waals surface area contributed by atoms with Crippen molar-refractivity contribution in [3.63, 3.8) is 0 Å². The van der Waals surface area contributed by atoms with Crippen LogP contribution in [0.15, 0.2) is 42.5 Å². The van der Waals surface area contributed by atoms with Gasteiger partial charge in [0.05, 0.1) is 34.8 Å². The normalized spacial score (nSPS) is 14.9. The number of nitrogens with one attached hydrogen (secondary N) is 1. The largest absolute Gasteiger partial charge is 0.379 e. The molecule has 2 aromatic carbocycles. The standard InChI is InChI=1S/C22H24ClFN4O2/c23-16-4-3-5-17(24)21(16)22(29)25-9-8-20-26-18-6-1-2-7-19(18)28(20)11-10-27-12-14-30-15-13-27/h1-7H,8-15H2,(H,25,29). The highest BCUT2D eigenvalue weighted by Crippen LogP contribution is 2.19. The zero-order valence-corrected chi connectivity index (χ0v) is 17.4. The third-order valence-corrected chi connectivity index (χ3v) is 5.62. The SMILES string of the molecule is O=C(NCCc1nc2ccccc2n1CCN1CCOCC1)c1c(F)cccc1Cl. The lowest BCUT2D eigenvalue weighted by molar-refractivity contribution is 0.0364. The van der Waals surface area contributed by atoms with Gasteiger partial charge in [-0.3, -0.25) is 9.69 Å². The predicted octanol–water partition coefficient (Wildman–Crippen LogP) is 3.13. The van der Waals surface area contributed by atoms with Crippen molar-refractivity contribution in [2.75, 3.05) is 39.4 Å². The van der Waals surface area contributed by atoms with Crippen LogP contribution in [-0.2, 0) is 17.7 Å². The molecular formula is C22H24ClFN4O2. The molecule has 30 heavy (non-hydrogen) atoms. The van der Waals surface area contributed by atoms with E-state index in [1.807, 2.05) is 18.2 Å². The molecule has 158 valence electrons. The summed E-state index contributed by atoms with van der Waals surface area (Å²) in [4.78, 5) is 19.5. The van der Waals surface area contributed by atoms with Gasteiger partial charge in [-0.15, -0.1) is 0 Å². The number of rotatable bonds is 7. The van der Waals surface area contributed by atoms with Crippen molar-refractivity contribution < 1.29 is 13.9 Å². The fourth-order valence-corrected chi connectivity index (χ4v) is 3.97. The van der Waals surface area contributed by atoms with Gasteiger partial charge in [-0.2, -0.15) is 0 Å². The molecule has 0 saturated carbocycles. The number of ether oxygens (including phenoxy) is 1. The Morgan fingerprint density at radius 2 is 1.93 bits per heavy atom. The molecule has 0 unspecified atom stereocenters. The average Bonchev–Trinajstić information content (AvgIpc) is 3.10. The lowest BCUT2D eigenvalue weighted by atomic mass is 10.2. The van der Waals surface area contributed by atoms with Gasteiger partial charge in [-0.1, -0.05) is 29.8 Å². The van der Waals surface area contributed by atoms with Crippen LogP contribution >= 0.6 is 11.6 Å². The van der Waals surface area contributed by atoms with E-state index in [-0.39, 0.29) is 10.6 Å². The molecule has 2 heterocycles. The number of imidazole rings is 1. The summed E-state index contributed by atoms with van der Waals surface area (Å²) in [5.41, 5.74) is 1.88. The molecule has 1 aromatic heterocycles. The van der Waals surface area contributed by atoms with Crippen LogP contribution in [0.25, 0.3) is 11.0 Å². The highest BCUT2D eigenvalue weighted by Gasteiger charge is 2.17. The number of amides is 1. The maximum Gasteiger partial charge on any atom is 0.255 e. The number of aromatic nitrogens is 2. The van der Waals surface area contributed by atoms with Gasteiger partial charge in [0, 0.05) is 39.1 Å². The molecule has 0 bridgehead atoms. The van der Waals surface area contributed by atoms with Crippen molar-refractivity contribution in [3.8, 4) is 0 Å². The molecule has 1 aliphatic rings. The zero-order chi connectivity index (χ0) is 20.9. The van der Waals surface area contributed by atoms with Gasteiger partial charge in [0.25, 0.3) is 5.91 Å². The lowest BCUT2D eigenvalue weighted by Crippen LogP contribution is -2.38. The minimum absolute atomic E-state index is 0.102. The molecule has 1 N–H and O–H groups in total. The molecule has 0 spiro atoms. The van der Waals surface area contributed by atoms with E-state index in [0.29, 0.717) is 13.0 Å². The molecule has 0 atom stereocenters. The van der Waals surface area contributed by atoms with Crippen LogP contribution in [0.5, 0.6) is 0 Å². The number of carbonyl (C=O) groups is 1. The Morgan fingerprint density at radius 1 is 1.13 bits per heavy atom. The van der Waals surface area contributed by atoms with Gasteiger partial charge >= 0.3 is 0 Å². The molecule has 0 radical (unpaired) electrons. The van der Waals surface area contributed by atoms with E-state index in [9.17, 15) is 9.18 Å². The second-order valence-electron chi connectivity index (χ2n) is 7.22. The number of para-hydroxylation sites is 2. The van der Waals surface area contributed by atoms with E-state index >= 15 is 0 Å². The minimum atomic E-state index is -0.627. The molecule has 1 aliphatic heterocycles. The summed E-state index contributed by atoms with van der Waals surface area (Å²) in [5, 5.41) is 2.86. The second kappa shape index (κ2) is 9.55. The van der Waals surface area contributed by atoms with Crippen LogP contribution in [0.2, 0.25) is 5.02 Å². The van der Waals surface area contributed by atoms with Gasteiger partial charge in [-0.05, 0) is 24.3 Å². The number of nitrogens with zero attached hydrogens (tertiary/aromatic N) is 3. The molecule has 0 aliphatic carbocycles. The van der Waals surface area contributed by atoms with Crippen molar-refractivity contribution >= 4 is 28.5 Å². The van der Waals surface area contributed by atoms with E-state index in [1.54, 1.807) is 0 Å². The van der Waals surface area contributed by atoms with Crippen molar-refractivity contribution in [2.24, 2.45) is 0 Å². The van der Waals surface area contributed by atoms with E-state index in [2.05, 4.69) is 20.9 Å². The zero-order valence-electron chi connectivity index (χ0n) is 16.6. The predicted molar refractivity (Wildman–Crippen MR) is 114 cm³/mol. The van der Waals surface area contributed by atoms with Gasteiger partial charge in [0.2, 0.25) is 0 Å². The van der Waals surface area contributed by atoms with E-state index < -0.39 is 11.7 Å². The van der Waals surface area contributed by atoms with Gasteiger partial charge in [0.1, 0.15) is 11.6 Å². The smallest absolute Gasteiger partial charge is 0.255 e. The first kappa shape index (κ1) is 20.8. The van der Waals surface area contributed by atoms with Crippen molar-refractivity contribution in [1.82, 2.24) is 19.8 Å². The summed E-state index contributed by atoms with van der Waals surface area (Å²) in [6, 6.07) is 12.2. The Kier molecular flexibility index (Phi) is 6.62. The Morgan fingerprint density at radius 3 is 2.73 bits per heavy atom.